The van der Waals surface area contributed by atoms with Crippen molar-refractivity contribution < 1.29 is 0 Å². The highest BCUT2D eigenvalue weighted by atomic mass is 32.1. The molecule has 0 atom stereocenters. The Morgan fingerprint density at radius 3 is 2.89 bits per heavy atom. The van der Waals surface area contributed by atoms with Crippen molar-refractivity contribution in [2.24, 2.45) is 0 Å². The van der Waals surface area contributed by atoms with E-state index < -0.39 is 0 Å². The lowest BCUT2D eigenvalue weighted by atomic mass is 10.2. The van der Waals surface area contributed by atoms with Gasteiger partial charge in [-0.05, 0) is 39.0 Å². The molecule has 0 saturated carbocycles. The number of fused-ring (bicyclic) bond motifs is 1. The van der Waals surface area contributed by atoms with E-state index in [1.807, 2.05) is 19.3 Å². The van der Waals surface area contributed by atoms with Crippen LogP contribution in [-0.2, 0) is 0 Å². The van der Waals surface area contributed by atoms with Gasteiger partial charge >= 0.3 is 0 Å². The zero-order valence-corrected chi connectivity index (χ0v) is 11.5. The summed E-state index contributed by atoms with van der Waals surface area (Å²) in [6.07, 6.45) is 3.88. The number of hydrogen-bond acceptors (Lipinski definition) is 3. The third-order valence-electron chi connectivity index (χ3n) is 2.98. The fraction of sp³-hybridized carbons (Fsp3) is 0.286. The lowest BCUT2D eigenvalue weighted by Crippen LogP contribution is -2.01. The van der Waals surface area contributed by atoms with E-state index in [1.54, 1.807) is 11.3 Å². The molecule has 1 aromatic carbocycles. The maximum atomic E-state index is 4.54. The Labute approximate surface area is 110 Å². The van der Waals surface area contributed by atoms with E-state index in [4.69, 9.17) is 0 Å². The number of thiazole rings is 1. The number of imidazole rings is 1. The molecule has 92 valence electrons. The van der Waals surface area contributed by atoms with Crippen LogP contribution >= 0.6 is 11.3 Å². The van der Waals surface area contributed by atoms with Crippen molar-refractivity contribution in [2.75, 3.05) is 0 Å². The maximum Gasteiger partial charge on any atom is 0.140 e. The average molecular weight is 257 g/mol. The van der Waals surface area contributed by atoms with Crippen molar-refractivity contribution >= 4 is 21.6 Å². The zero-order valence-electron chi connectivity index (χ0n) is 10.7. The van der Waals surface area contributed by atoms with Crippen molar-refractivity contribution in [1.29, 1.82) is 0 Å². The molecule has 0 aliphatic carbocycles. The normalized spacial score (nSPS) is 11.6. The van der Waals surface area contributed by atoms with E-state index in [1.165, 1.54) is 4.70 Å². The summed E-state index contributed by atoms with van der Waals surface area (Å²) in [5.41, 5.74) is 2.19. The minimum atomic E-state index is 0.412. The van der Waals surface area contributed by atoms with Crippen LogP contribution in [0.3, 0.4) is 0 Å². The smallest absolute Gasteiger partial charge is 0.140 e. The van der Waals surface area contributed by atoms with Gasteiger partial charge in [-0.3, -0.25) is 0 Å². The monoisotopic (exact) mass is 257 g/mol. The van der Waals surface area contributed by atoms with Crippen LogP contribution in [0.25, 0.3) is 21.6 Å². The third-order valence-corrected chi connectivity index (χ3v) is 3.93. The summed E-state index contributed by atoms with van der Waals surface area (Å²) in [5, 5.41) is 1.11. The summed E-state index contributed by atoms with van der Waals surface area (Å²) < 4.78 is 3.42. The van der Waals surface area contributed by atoms with Crippen molar-refractivity contribution in [3.8, 4) is 11.4 Å². The predicted molar refractivity (Wildman–Crippen MR) is 76.0 cm³/mol. The Morgan fingerprint density at radius 2 is 2.11 bits per heavy atom. The van der Waals surface area contributed by atoms with E-state index in [2.05, 4.69) is 46.6 Å². The van der Waals surface area contributed by atoms with Gasteiger partial charge in [0.25, 0.3) is 0 Å². The molecule has 0 spiro atoms. The van der Waals surface area contributed by atoms with Gasteiger partial charge in [-0.25, -0.2) is 9.97 Å². The van der Waals surface area contributed by atoms with Crippen LogP contribution in [0.2, 0.25) is 0 Å². The highest BCUT2D eigenvalue weighted by Gasteiger charge is 2.10. The molecule has 0 bridgehead atoms. The third kappa shape index (κ3) is 1.82. The molecule has 18 heavy (non-hydrogen) atoms. The van der Waals surface area contributed by atoms with Gasteiger partial charge in [0.15, 0.2) is 0 Å². The van der Waals surface area contributed by atoms with E-state index in [0.717, 1.165) is 21.9 Å². The molecule has 2 heterocycles. The molecule has 3 nitrogen and oxygen atoms in total. The Kier molecular flexibility index (Phi) is 2.67. The van der Waals surface area contributed by atoms with Crippen molar-refractivity contribution in [3.05, 3.63) is 35.6 Å². The molecular weight excluding hydrogens is 242 g/mol. The van der Waals surface area contributed by atoms with Gasteiger partial charge in [0.1, 0.15) is 5.82 Å². The van der Waals surface area contributed by atoms with E-state index in [-0.39, 0.29) is 0 Å². The zero-order chi connectivity index (χ0) is 12.7. The van der Waals surface area contributed by atoms with Gasteiger partial charge in [-0.2, -0.15) is 0 Å². The highest BCUT2D eigenvalue weighted by Crippen LogP contribution is 2.27. The Hall–Kier alpha value is -1.68. The standard InChI is InChI=1S/C14H15N3S/c1-9(2)17-7-6-15-14(17)11-4-5-13-12(8-11)16-10(3)18-13/h4-9H,1-3H3. The number of aryl methyl sites for hydroxylation is 1. The Morgan fingerprint density at radius 1 is 1.28 bits per heavy atom. The summed E-state index contributed by atoms with van der Waals surface area (Å²) in [5.74, 6) is 1.01. The second kappa shape index (κ2) is 4.21. The van der Waals surface area contributed by atoms with Gasteiger partial charge in [-0.15, -0.1) is 11.3 Å². The molecule has 3 rings (SSSR count). The number of rotatable bonds is 2. The molecule has 0 N–H and O–H groups in total. The molecule has 0 saturated heterocycles. The second-order valence-corrected chi connectivity index (χ2v) is 5.90. The minimum Gasteiger partial charge on any atom is -0.328 e. The first-order chi connectivity index (χ1) is 8.65. The minimum absolute atomic E-state index is 0.412. The second-order valence-electron chi connectivity index (χ2n) is 4.67. The van der Waals surface area contributed by atoms with E-state index >= 15 is 0 Å². The lowest BCUT2D eigenvalue weighted by Gasteiger charge is -2.11. The summed E-state index contributed by atoms with van der Waals surface area (Å²) >= 11 is 1.73. The summed E-state index contributed by atoms with van der Waals surface area (Å²) in [4.78, 5) is 9.00. The molecule has 0 radical (unpaired) electrons. The molecule has 0 aliphatic rings. The molecule has 2 aromatic heterocycles. The highest BCUT2D eigenvalue weighted by molar-refractivity contribution is 7.18. The number of aromatic nitrogens is 3. The van der Waals surface area contributed by atoms with Crippen LogP contribution in [0, 0.1) is 6.92 Å². The van der Waals surface area contributed by atoms with Gasteiger partial charge in [0.05, 0.1) is 15.2 Å². The van der Waals surface area contributed by atoms with Crippen LogP contribution in [-0.4, -0.2) is 14.5 Å². The van der Waals surface area contributed by atoms with E-state index in [9.17, 15) is 0 Å². The van der Waals surface area contributed by atoms with E-state index in [0.29, 0.717) is 6.04 Å². The van der Waals surface area contributed by atoms with Crippen LogP contribution in [0.15, 0.2) is 30.6 Å². The van der Waals surface area contributed by atoms with Gasteiger partial charge in [0.2, 0.25) is 0 Å². The average Bonchev–Trinajstić information content (AvgIpc) is 2.91. The Bertz CT molecular complexity index is 694. The van der Waals surface area contributed by atoms with Gasteiger partial charge < -0.3 is 4.57 Å². The number of benzene rings is 1. The van der Waals surface area contributed by atoms with Crippen molar-refractivity contribution in [2.45, 2.75) is 26.8 Å². The fourth-order valence-electron chi connectivity index (χ4n) is 2.14. The predicted octanol–water partition coefficient (Wildman–Crippen LogP) is 4.05. The molecule has 0 unspecified atom stereocenters. The maximum absolute atomic E-state index is 4.54. The quantitative estimate of drug-likeness (QED) is 0.693. The SMILES string of the molecule is Cc1nc2cc(-c3nccn3C(C)C)ccc2s1. The number of nitrogens with zero attached hydrogens (tertiary/aromatic N) is 3. The molecule has 0 aliphatic heterocycles. The molecule has 4 heteroatoms. The van der Waals surface area contributed by atoms with Gasteiger partial charge in [0, 0.05) is 24.0 Å². The fourth-order valence-corrected chi connectivity index (χ4v) is 2.94. The molecular formula is C14H15N3S. The summed E-state index contributed by atoms with van der Waals surface area (Å²) in [6.45, 7) is 6.37. The topological polar surface area (TPSA) is 30.7 Å². The summed E-state index contributed by atoms with van der Waals surface area (Å²) in [6, 6.07) is 6.80. The first-order valence-corrected chi connectivity index (χ1v) is 6.87. The van der Waals surface area contributed by atoms with Crippen LogP contribution in [0.4, 0.5) is 0 Å². The summed E-state index contributed by atoms with van der Waals surface area (Å²) in [7, 11) is 0. The number of hydrogen-bond donors (Lipinski definition) is 0. The van der Waals surface area contributed by atoms with Crippen LogP contribution < -0.4 is 0 Å². The molecule has 3 aromatic rings. The molecule has 0 fully saturated rings. The lowest BCUT2D eigenvalue weighted by molar-refractivity contribution is 0.606. The van der Waals surface area contributed by atoms with Crippen molar-refractivity contribution in [3.63, 3.8) is 0 Å². The molecule has 0 amide bonds. The largest absolute Gasteiger partial charge is 0.328 e. The van der Waals surface area contributed by atoms with Crippen molar-refractivity contribution in [1.82, 2.24) is 14.5 Å². The van der Waals surface area contributed by atoms with Gasteiger partial charge in [-0.1, -0.05) is 0 Å². The Balaban J connectivity index is 2.16. The van der Waals surface area contributed by atoms with Crippen LogP contribution in [0.1, 0.15) is 24.9 Å². The first kappa shape index (κ1) is 11.4. The first-order valence-electron chi connectivity index (χ1n) is 6.05. The van der Waals surface area contributed by atoms with Crippen LogP contribution in [0.5, 0.6) is 0 Å².